The maximum atomic E-state index is 9.32. The monoisotopic (exact) mass is 187 g/mol. The molecular formula is C12H15N2+. The summed E-state index contributed by atoms with van der Waals surface area (Å²) < 4.78 is 0.515. The quantitative estimate of drug-likeness (QED) is 0.490. The Morgan fingerprint density at radius 3 is 2.21 bits per heavy atom. The van der Waals surface area contributed by atoms with Crippen molar-refractivity contribution in [1.29, 1.82) is 5.26 Å². The maximum absolute atomic E-state index is 9.32. The first-order valence-electron chi connectivity index (χ1n) is 5.21. The Kier molecular flexibility index (Phi) is 2.51. The Hall–Kier alpha value is -1.33. The Morgan fingerprint density at radius 1 is 1.00 bits per heavy atom. The SMILES string of the molecule is N#C[N+]1(c2ccccc2)CCCCC1. The number of hydrogen-bond acceptors (Lipinski definition) is 1. The molecule has 2 rings (SSSR count). The molecule has 0 aliphatic carbocycles. The van der Waals surface area contributed by atoms with Gasteiger partial charge >= 0.3 is 6.19 Å². The van der Waals surface area contributed by atoms with E-state index in [1.165, 1.54) is 19.3 Å². The molecule has 0 amide bonds. The fourth-order valence-electron chi connectivity index (χ4n) is 2.18. The van der Waals surface area contributed by atoms with Crippen LogP contribution in [-0.2, 0) is 0 Å². The Morgan fingerprint density at radius 2 is 1.64 bits per heavy atom. The van der Waals surface area contributed by atoms with Crippen molar-refractivity contribution in [2.45, 2.75) is 19.3 Å². The van der Waals surface area contributed by atoms with Crippen LogP contribution in [0.1, 0.15) is 19.3 Å². The molecule has 2 nitrogen and oxygen atoms in total. The van der Waals surface area contributed by atoms with E-state index in [1.54, 1.807) is 0 Å². The number of likely N-dealkylation sites (tertiary alicyclic amines) is 1. The van der Waals surface area contributed by atoms with Gasteiger partial charge in [0.05, 0.1) is 13.1 Å². The van der Waals surface area contributed by atoms with Crippen LogP contribution in [0.2, 0.25) is 0 Å². The topological polar surface area (TPSA) is 23.8 Å². The molecule has 0 saturated carbocycles. The lowest BCUT2D eigenvalue weighted by Gasteiger charge is -2.32. The summed E-state index contributed by atoms with van der Waals surface area (Å²) in [6, 6.07) is 10.2. The van der Waals surface area contributed by atoms with Gasteiger partial charge in [-0.25, -0.2) is 0 Å². The molecule has 1 saturated heterocycles. The lowest BCUT2D eigenvalue weighted by molar-refractivity contribution is 0.318. The zero-order valence-corrected chi connectivity index (χ0v) is 8.32. The van der Waals surface area contributed by atoms with Crippen LogP contribution in [-0.4, -0.2) is 13.1 Å². The van der Waals surface area contributed by atoms with Crippen molar-refractivity contribution in [1.82, 2.24) is 4.48 Å². The van der Waals surface area contributed by atoms with Gasteiger partial charge in [0.1, 0.15) is 5.69 Å². The molecule has 0 N–H and O–H groups in total. The second kappa shape index (κ2) is 3.81. The van der Waals surface area contributed by atoms with E-state index in [9.17, 15) is 5.26 Å². The molecule has 0 bridgehead atoms. The molecule has 1 aliphatic rings. The third-order valence-electron chi connectivity index (χ3n) is 3.02. The van der Waals surface area contributed by atoms with Crippen molar-refractivity contribution in [2.24, 2.45) is 0 Å². The predicted molar refractivity (Wildman–Crippen MR) is 57.4 cm³/mol. The van der Waals surface area contributed by atoms with Crippen molar-refractivity contribution in [2.75, 3.05) is 13.1 Å². The molecule has 1 aliphatic heterocycles. The van der Waals surface area contributed by atoms with E-state index in [2.05, 4.69) is 18.3 Å². The standard InChI is InChI=1S/C12H15N2/c13-11-14(9-5-2-6-10-14)12-7-3-1-4-8-12/h1,3-4,7-8H,2,5-6,9-10H2/q+1. The second-order valence-corrected chi connectivity index (χ2v) is 3.91. The van der Waals surface area contributed by atoms with Crippen molar-refractivity contribution < 1.29 is 0 Å². The van der Waals surface area contributed by atoms with Crippen molar-refractivity contribution in [3.63, 3.8) is 0 Å². The number of para-hydroxylation sites is 1. The summed E-state index contributed by atoms with van der Waals surface area (Å²) in [6.07, 6.45) is 6.08. The van der Waals surface area contributed by atoms with Crippen LogP contribution in [0.15, 0.2) is 30.3 Å². The van der Waals surface area contributed by atoms with E-state index < -0.39 is 0 Å². The summed E-state index contributed by atoms with van der Waals surface area (Å²) in [4.78, 5) is 0. The molecule has 0 unspecified atom stereocenters. The number of rotatable bonds is 1. The van der Waals surface area contributed by atoms with E-state index in [4.69, 9.17) is 0 Å². The minimum atomic E-state index is 0.515. The first-order valence-corrected chi connectivity index (χ1v) is 5.21. The molecule has 1 heterocycles. The summed E-state index contributed by atoms with van der Waals surface area (Å²) in [6.45, 7) is 1.95. The smallest absolute Gasteiger partial charge is 0.192 e. The zero-order chi connectivity index (χ0) is 9.86. The van der Waals surface area contributed by atoms with E-state index in [0.29, 0.717) is 4.48 Å². The molecule has 72 valence electrons. The van der Waals surface area contributed by atoms with Crippen molar-refractivity contribution >= 4 is 5.69 Å². The van der Waals surface area contributed by atoms with Gasteiger partial charge in [-0.3, -0.25) is 0 Å². The van der Waals surface area contributed by atoms with Crippen LogP contribution in [0.3, 0.4) is 0 Å². The van der Waals surface area contributed by atoms with Crippen molar-refractivity contribution in [3.8, 4) is 6.19 Å². The van der Waals surface area contributed by atoms with E-state index in [1.807, 2.05) is 18.2 Å². The number of nitrogens with zero attached hydrogens (tertiary/aromatic N) is 2. The average molecular weight is 187 g/mol. The number of hydrogen-bond donors (Lipinski definition) is 0. The molecule has 0 atom stereocenters. The highest BCUT2D eigenvalue weighted by molar-refractivity contribution is 5.46. The third-order valence-corrected chi connectivity index (χ3v) is 3.02. The molecule has 14 heavy (non-hydrogen) atoms. The second-order valence-electron chi connectivity index (χ2n) is 3.91. The molecular weight excluding hydrogens is 172 g/mol. The molecule has 0 radical (unpaired) electrons. The summed E-state index contributed by atoms with van der Waals surface area (Å²) in [5.41, 5.74) is 1.15. The largest absolute Gasteiger partial charge is 0.314 e. The highest BCUT2D eigenvalue weighted by atomic mass is 15.4. The van der Waals surface area contributed by atoms with Gasteiger partial charge in [0.25, 0.3) is 0 Å². The number of benzene rings is 1. The van der Waals surface area contributed by atoms with E-state index in [-0.39, 0.29) is 0 Å². The Labute approximate surface area is 85.0 Å². The van der Waals surface area contributed by atoms with Gasteiger partial charge in [-0.15, -0.1) is 5.26 Å². The number of quaternary nitrogens is 1. The predicted octanol–water partition coefficient (Wildman–Crippen LogP) is 2.66. The van der Waals surface area contributed by atoms with Crippen molar-refractivity contribution in [3.05, 3.63) is 30.3 Å². The van der Waals surface area contributed by atoms with Gasteiger partial charge in [0.2, 0.25) is 0 Å². The normalized spacial score (nSPS) is 19.9. The highest BCUT2D eigenvalue weighted by Crippen LogP contribution is 2.27. The molecule has 1 fully saturated rings. The van der Waals surface area contributed by atoms with Crippen LogP contribution in [0.4, 0.5) is 5.69 Å². The van der Waals surface area contributed by atoms with Gasteiger partial charge in [-0.2, -0.15) is 4.48 Å². The summed E-state index contributed by atoms with van der Waals surface area (Å²) in [7, 11) is 0. The first kappa shape index (κ1) is 9.23. The van der Waals surface area contributed by atoms with E-state index in [0.717, 1.165) is 18.8 Å². The minimum absolute atomic E-state index is 0.515. The molecule has 1 aromatic rings. The van der Waals surface area contributed by atoms with Gasteiger partial charge < -0.3 is 0 Å². The summed E-state index contributed by atoms with van der Waals surface area (Å²) in [5.74, 6) is 0. The molecule has 2 heteroatoms. The van der Waals surface area contributed by atoms with Gasteiger partial charge in [0, 0.05) is 12.1 Å². The summed E-state index contributed by atoms with van der Waals surface area (Å²) in [5, 5.41) is 9.32. The van der Waals surface area contributed by atoms with Crippen LogP contribution in [0.25, 0.3) is 0 Å². The molecule has 1 aromatic carbocycles. The fraction of sp³-hybridized carbons (Fsp3) is 0.417. The van der Waals surface area contributed by atoms with Crippen LogP contribution < -0.4 is 4.48 Å². The fourth-order valence-corrected chi connectivity index (χ4v) is 2.18. The number of piperidine rings is 1. The average Bonchev–Trinajstić information content (AvgIpc) is 2.31. The van der Waals surface area contributed by atoms with E-state index >= 15 is 0 Å². The van der Waals surface area contributed by atoms with Gasteiger partial charge in [-0.1, -0.05) is 18.2 Å². The lowest BCUT2D eigenvalue weighted by atomic mass is 10.1. The van der Waals surface area contributed by atoms with Gasteiger partial charge in [0.15, 0.2) is 0 Å². The first-order chi connectivity index (χ1) is 6.87. The number of nitriles is 1. The highest BCUT2D eigenvalue weighted by Gasteiger charge is 2.32. The molecule has 0 spiro atoms. The minimum Gasteiger partial charge on any atom is -0.192 e. The molecule has 0 aromatic heterocycles. The lowest BCUT2D eigenvalue weighted by Crippen LogP contribution is -2.48. The zero-order valence-electron chi connectivity index (χ0n) is 8.32. The van der Waals surface area contributed by atoms with Crippen LogP contribution in [0.5, 0.6) is 0 Å². The third kappa shape index (κ3) is 1.51. The van der Waals surface area contributed by atoms with Gasteiger partial charge in [-0.05, 0) is 19.3 Å². The van der Waals surface area contributed by atoms with Crippen LogP contribution >= 0.6 is 0 Å². The summed E-state index contributed by atoms with van der Waals surface area (Å²) >= 11 is 0. The maximum Gasteiger partial charge on any atom is 0.314 e. The Balaban J connectivity index is 2.33. The Bertz CT molecular complexity index is 331. The van der Waals surface area contributed by atoms with Crippen LogP contribution in [0, 0.1) is 11.5 Å².